The first-order valence-electron chi connectivity index (χ1n) is 5.75. The third-order valence-corrected chi connectivity index (χ3v) is 2.88. The molecule has 1 aliphatic rings. The minimum atomic E-state index is 0.799. The Morgan fingerprint density at radius 3 is 2.77 bits per heavy atom. The fourth-order valence-corrected chi connectivity index (χ4v) is 2.04. The smallest absolute Gasteiger partial charge is 0.00792 e. The topological polar surface area (TPSA) is 15.3 Å². The molecule has 0 aromatic heterocycles. The molecule has 13 heavy (non-hydrogen) atoms. The van der Waals surface area contributed by atoms with Gasteiger partial charge in [-0.2, -0.15) is 0 Å². The Balaban J connectivity index is 2.03. The average molecular weight is 184 g/mol. The minimum Gasteiger partial charge on any atom is -0.314 e. The summed E-state index contributed by atoms with van der Waals surface area (Å²) in [5.74, 6) is 0. The molecule has 1 N–H and O–H groups in total. The van der Waals surface area contributed by atoms with Gasteiger partial charge >= 0.3 is 0 Å². The zero-order chi connectivity index (χ0) is 9.52. The van der Waals surface area contributed by atoms with Crippen LogP contribution in [0.1, 0.15) is 39.0 Å². The van der Waals surface area contributed by atoms with E-state index in [1.54, 1.807) is 0 Å². The van der Waals surface area contributed by atoms with Gasteiger partial charge in [0.2, 0.25) is 0 Å². The Hall–Kier alpha value is -0.0800. The van der Waals surface area contributed by atoms with Crippen molar-refractivity contribution in [3.63, 3.8) is 0 Å². The van der Waals surface area contributed by atoms with Crippen molar-refractivity contribution < 1.29 is 0 Å². The summed E-state index contributed by atoms with van der Waals surface area (Å²) >= 11 is 0. The quantitative estimate of drug-likeness (QED) is 0.701. The summed E-state index contributed by atoms with van der Waals surface area (Å²) < 4.78 is 0. The van der Waals surface area contributed by atoms with Crippen LogP contribution in [0.15, 0.2) is 0 Å². The largest absolute Gasteiger partial charge is 0.314 e. The number of nitrogens with zero attached hydrogens (tertiary/aromatic N) is 1. The number of piperidine rings is 1. The Morgan fingerprint density at radius 2 is 2.15 bits per heavy atom. The van der Waals surface area contributed by atoms with Gasteiger partial charge in [-0.15, -0.1) is 0 Å². The van der Waals surface area contributed by atoms with E-state index < -0.39 is 0 Å². The van der Waals surface area contributed by atoms with Gasteiger partial charge < -0.3 is 10.2 Å². The van der Waals surface area contributed by atoms with Crippen LogP contribution in [0.4, 0.5) is 0 Å². The fourth-order valence-electron chi connectivity index (χ4n) is 2.04. The molecule has 1 saturated heterocycles. The first kappa shape index (κ1) is 11.0. The molecular weight excluding hydrogens is 160 g/mol. The molecular formula is C11H24N2. The van der Waals surface area contributed by atoms with Crippen molar-refractivity contribution in [3.05, 3.63) is 0 Å². The van der Waals surface area contributed by atoms with Crippen LogP contribution in [0.25, 0.3) is 0 Å². The predicted octanol–water partition coefficient (Wildman–Crippen LogP) is 1.86. The Kier molecular flexibility index (Phi) is 5.40. The van der Waals surface area contributed by atoms with Crippen molar-refractivity contribution >= 4 is 0 Å². The van der Waals surface area contributed by atoms with E-state index in [0.29, 0.717) is 0 Å². The first-order chi connectivity index (χ1) is 6.33. The highest BCUT2D eigenvalue weighted by Crippen LogP contribution is 2.10. The van der Waals surface area contributed by atoms with E-state index in [-0.39, 0.29) is 0 Å². The first-order valence-corrected chi connectivity index (χ1v) is 5.75. The van der Waals surface area contributed by atoms with Crippen LogP contribution in [0.5, 0.6) is 0 Å². The second-order valence-electron chi connectivity index (χ2n) is 4.24. The molecule has 0 saturated carbocycles. The Morgan fingerprint density at radius 1 is 1.31 bits per heavy atom. The normalized spacial score (nSPS) is 23.8. The van der Waals surface area contributed by atoms with Gasteiger partial charge in [0, 0.05) is 6.04 Å². The molecule has 1 atom stereocenters. The van der Waals surface area contributed by atoms with Gasteiger partial charge in [0.25, 0.3) is 0 Å². The Bertz CT molecular complexity index is 119. The molecule has 0 radical (unpaired) electrons. The number of nitrogens with one attached hydrogen (secondary N) is 1. The number of hydrogen-bond acceptors (Lipinski definition) is 2. The second kappa shape index (κ2) is 6.39. The summed E-state index contributed by atoms with van der Waals surface area (Å²) in [7, 11) is 2.23. The standard InChI is InChI=1S/C11H24N2/c1-3-9-13(2)10-7-11-6-4-5-8-12-11/h11-12H,3-10H2,1-2H3. The maximum absolute atomic E-state index is 3.59. The van der Waals surface area contributed by atoms with E-state index >= 15 is 0 Å². The van der Waals surface area contributed by atoms with Gasteiger partial charge in [-0.1, -0.05) is 13.3 Å². The number of hydrogen-bond donors (Lipinski definition) is 1. The lowest BCUT2D eigenvalue weighted by Crippen LogP contribution is -2.36. The molecule has 1 fully saturated rings. The van der Waals surface area contributed by atoms with Crippen LogP contribution in [0.2, 0.25) is 0 Å². The lowest BCUT2D eigenvalue weighted by molar-refractivity contribution is 0.288. The molecule has 0 aromatic carbocycles. The molecule has 0 bridgehead atoms. The van der Waals surface area contributed by atoms with Gasteiger partial charge in [-0.3, -0.25) is 0 Å². The van der Waals surface area contributed by atoms with E-state index in [9.17, 15) is 0 Å². The monoisotopic (exact) mass is 184 g/mol. The van der Waals surface area contributed by atoms with E-state index in [2.05, 4.69) is 24.2 Å². The highest BCUT2D eigenvalue weighted by molar-refractivity contribution is 4.72. The lowest BCUT2D eigenvalue weighted by atomic mass is 10.0. The summed E-state index contributed by atoms with van der Waals surface area (Å²) in [6.07, 6.45) is 6.79. The maximum Gasteiger partial charge on any atom is 0.00792 e. The SMILES string of the molecule is CCCN(C)CCC1CCCCN1. The zero-order valence-electron chi connectivity index (χ0n) is 9.18. The summed E-state index contributed by atoms with van der Waals surface area (Å²) in [6.45, 7) is 5.98. The van der Waals surface area contributed by atoms with Crippen molar-refractivity contribution in [2.45, 2.75) is 45.1 Å². The van der Waals surface area contributed by atoms with Gasteiger partial charge in [-0.05, 0) is 52.4 Å². The van der Waals surface area contributed by atoms with E-state index in [1.165, 1.54) is 51.7 Å². The summed E-state index contributed by atoms with van der Waals surface area (Å²) in [5.41, 5.74) is 0. The molecule has 0 spiro atoms. The van der Waals surface area contributed by atoms with Gasteiger partial charge in [-0.25, -0.2) is 0 Å². The van der Waals surface area contributed by atoms with Gasteiger partial charge in [0.15, 0.2) is 0 Å². The minimum absolute atomic E-state index is 0.799. The highest BCUT2D eigenvalue weighted by Gasteiger charge is 2.12. The van der Waals surface area contributed by atoms with Crippen molar-refractivity contribution in [2.75, 3.05) is 26.7 Å². The van der Waals surface area contributed by atoms with Gasteiger partial charge in [0.05, 0.1) is 0 Å². The highest BCUT2D eigenvalue weighted by atomic mass is 15.1. The van der Waals surface area contributed by atoms with Gasteiger partial charge in [0.1, 0.15) is 0 Å². The second-order valence-corrected chi connectivity index (χ2v) is 4.24. The summed E-state index contributed by atoms with van der Waals surface area (Å²) in [5, 5.41) is 3.59. The maximum atomic E-state index is 3.59. The van der Waals surface area contributed by atoms with Crippen LogP contribution in [-0.2, 0) is 0 Å². The van der Waals surface area contributed by atoms with Crippen LogP contribution in [0, 0.1) is 0 Å². The fraction of sp³-hybridized carbons (Fsp3) is 1.00. The van der Waals surface area contributed by atoms with Crippen molar-refractivity contribution in [1.82, 2.24) is 10.2 Å². The molecule has 2 heteroatoms. The van der Waals surface area contributed by atoms with E-state index in [0.717, 1.165) is 6.04 Å². The molecule has 0 amide bonds. The predicted molar refractivity (Wildman–Crippen MR) is 58.0 cm³/mol. The molecule has 1 unspecified atom stereocenters. The third kappa shape index (κ3) is 4.63. The third-order valence-electron chi connectivity index (χ3n) is 2.88. The van der Waals surface area contributed by atoms with Crippen molar-refractivity contribution in [2.24, 2.45) is 0 Å². The van der Waals surface area contributed by atoms with Crippen LogP contribution in [-0.4, -0.2) is 37.6 Å². The molecule has 2 nitrogen and oxygen atoms in total. The van der Waals surface area contributed by atoms with Crippen LogP contribution < -0.4 is 5.32 Å². The summed E-state index contributed by atoms with van der Waals surface area (Å²) in [6, 6.07) is 0.799. The van der Waals surface area contributed by atoms with Crippen molar-refractivity contribution in [3.8, 4) is 0 Å². The molecule has 1 heterocycles. The lowest BCUT2D eigenvalue weighted by Gasteiger charge is -2.25. The van der Waals surface area contributed by atoms with E-state index in [1.807, 2.05) is 0 Å². The van der Waals surface area contributed by atoms with Crippen LogP contribution in [0.3, 0.4) is 0 Å². The molecule has 0 aromatic rings. The Labute approximate surface area is 82.7 Å². The molecule has 78 valence electrons. The summed E-state index contributed by atoms with van der Waals surface area (Å²) in [4.78, 5) is 2.44. The zero-order valence-corrected chi connectivity index (χ0v) is 9.18. The molecule has 1 aliphatic heterocycles. The molecule has 0 aliphatic carbocycles. The molecule has 1 rings (SSSR count). The average Bonchev–Trinajstić information content (AvgIpc) is 2.17. The number of rotatable bonds is 5. The van der Waals surface area contributed by atoms with E-state index in [4.69, 9.17) is 0 Å². The van der Waals surface area contributed by atoms with Crippen molar-refractivity contribution in [1.29, 1.82) is 0 Å². The van der Waals surface area contributed by atoms with Crippen LogP contribution >= 0.6 is 0 Å².